The molecule has 1 heteroatoms. The van der Waals surface area contributed by atoms with Crippen molar-refractivity contribution in [2.24, 2.45) is 0 Å². The predicted octanol–water partition coefficient (Wildman–Crippen LogP) is 1.85. The Balaban J connectivity index is 2.62. The van der Waals surface area contributed by atoms with Gasteiger partial charge >= 0.3 is 5.78 Å². The summed E-state index contributed by atoms with van der Waals surface area (Å²) in [5.74, 6) is 1.04. The lowest BCUT2D eigenvalue weighted by Crippen LogP contribution is -2.03. The van der Waals surface area contributed by atoms with E-state index >= 15 is 0 Å². The third kappa shape index (κ3) is 2.00. The van der Waals surface area contributed by atoms with Crippen LogP contribution in [-0.2, 0) is 4.42 Å². The van der Waals surface area contributed by atoms with Crippen LogP contribution in [0.5, 0.6) is 0 Å². The summed E-state index contributed by atoms with van der Waals surface area (Å²) in [7, 11) is 0. The van der Waals surface area contributed by atoms with Gasteiger partial charge in [0.1, 0.15) is 0 Å². The molecule has 0 N–H and O–H groups in total. The lowest BCUT2D eigenvalue weighted by molar-refractivity contribution is -0.498. The Morgan fingerprint density at radius 1 is 1.67 bits per heavy atom. The SMILES string of the molecule is CC1=[O+][C@@H](C)CCC=C1. The van der Waals surface area contributed by atoms with Crippen LogP contribution in [0.25, 0.3) is 0 Å². The lowest BCUT2D eigenvalue weighted by Gasteiger charge is -1.88. The molecule has 50 valence electrons. The van der Waals surface area contributed by atoms with Crippen molar-refractivity contribution < 1.29 is 4.42 Å². The number of ketones is 1. The van der Waals surface area contributed by atoms with Gasteiger partial charge in [-0.2, -0.15) is 0 Å². The van der Waals surface area contributed by atoms with Crippen molar-refractivity contribution >= 4 is 5.78 Å². The molecule has 0 amide bonds. The van der Waals surface area contributed by atoms with E-state index in [1.54, 1.807) is 0 Å². The van der Waals surface area contributed by atoms with Gasteiger partial charge < -0.3 is 0 Å². The van der Waals surface area contributed by atoms with Gasteiger partial charge in [-0.15, -0.1) is 0 Å². The molecule has 1 aliphatic heterocycles. The first-order chi connectivity index (χ1) is 4.29. The molecule has 0 spiro atoms. The third-order valence-electron chi connectivity index (χ3n) is 1.48. The molecule has 0 aromatic heterocycles. The zero-order chi connectivity index (χ0) is 6.69. The maximum Gasteiger partial charge on any atom is 0.316 e. The van der Waals surface area contributed by atoms with Crippen LogP contribution >= 0.6 is 0 Å². The summed E-state index contributed by atoms with van der Waals surface area (Å²) in [6.07, 6.45) is 6.91. The van der Waals surface area contributed by atoms with Gasteiger partial charge in [0.25, 0.3) is 6.10 Å². The van der Waals surface area contributed by atoms with E-state index in [0.717, 1.165) is 18.6 Å². The minimum absolute atomic E-state index is 0.403. The quantitative estimate of drug-likeness (QED) is 0.438. The van der Waals surface area contributed by atoms with Crippen LogP contribution < -0.4 is 0 Å². The molecule has 0 aromatic carbocycles. The maximum atomic E-state index is 5.44. The van der Waals surface area contributed by atoms with E-state index in [2.05, 4.69) is 13.0 Å². The zero-order valence-electron chi connectivity index (χ0n) is 6.05. The Morgan fingerprint density at radius 3 is 3.22 bits per heavy atom. The molecule has 0 radical (unpaired) electrons. The van der Waals surface area contributed by atoms with Crippen LogP contribution in [0.3, 0.4) is 0 Å². The maximum absolute atomic E-state index is 5.44. The smallest absolute Gasteiger partial charge is 0.257 e. The average Bonchev–Trinajstić information content (AvgIpc) is 1.93. The first kappa shape index (κ1) is 6.53. The van der Waals surface area contributed by atoms with Crippen molar-refractivity contribution in [3.63, 3.8) is 0 Å². The number of allylic oxidation sites excluding steroid dienone is 2. The molecular weight excluding hydrogens is 112 g/mol. The van der Waals surface area contributed by atoms with Crippen molar-refractivity contribution in [3.8, 4) is 0 Å². The van der Waals surface area contributed by atoms with Crippen molar-refractivity contribution in [2.75, 3.05) is 0 Å². The minimum atomic E-state index is 0.403. The summed E-state index contributed by atoms with van der Waals surface area (Å²) in [5.41, 5.74) is 0. The summed E-state index contributed by atoms with van der Waals surface area (Å²) < 4.78 is 5.44. The van der Waals surface area contributed by atoms with E-state index in [1.807, 2.05) is 13.0 Å². The van der Waals surface area contributed by atoms with E-state index in [1.165, 1.54) is 0 Å². The summed E-state index contributed by atoms with van der Waals surface area (Å²) >= 11 is 0. The van der Waals surface area contributed by atoms with Crippen LogP contribution in [0.4, 0.5) is 0 Å². The molecule has 0 saturated carbocycles. The number of rotatable bonds is 0. The fourth-order valence-electron chi connectivity index (χ4n) is 0.996. The lowest BCUT2D eigenvalue weighted by atomic mass is 10.2. The molecule has 0 aromatic rings. The molecule has 0 bridgehead atoms. The molecule has 0 saturated heterocycles. The van der Waals surface area contributed by atoms with E-state index in [9.17, 15) is 0 Å². The van der Waals surface area contributed by atoms with Gasteiger partial charge in [-0.05, 0) is 6.42 Å². The second-order valence-electron chi connectivity index (χ2n) is 2.52. The Hall–Kier alpha value is -0.590. The Morgan fingerprint density at radius 2 is 2.44 bits per heavy atom. The van der Waals surface area contributed by atoms with E-state index < -0.39 is 0 Å². The van der Waals surface area contributed by atoms with E-state index in [-0.39, 0.29) is 0 Å². The van der Waals surface area contributed by atoms with E-state index in [0.29, 0.717) is 6.10 Å². The van der Waals surface area contributed by atoms with Crippen molar-refractivity contribution in [1.29, 1.82) is 0 Å². The van der Waals surface area contributed by atoms with Gasteiger partial charge in [0.05, 0.1) is 6.92 Å². The first-order valence-corrected chi connectivity index (χ1v) is 3.46. The monoisotopic (exact) mass is 125 g/mol. The molecule has 1 rings (SSSR count). The summed E-state index contributed by atoms with van der Waals surface area (Å²) in [6.45, 7) is 4.11. The molecule has 0 unspecified atom stereocenters. The van der Waals surface area contributed by atoms with Crippen LogP contribution in [0, 0.1) is 0 Å². The highest BCUT2D eigenvalue weighted by Gasteiger charge is 2.12. The van der Waals surface area contributed by atoms with Crippen molar-refractivity contribution in [1.82, 2.24) is 0 Å². The number of hydrogen-bond acceptors (Lipinski definition) is 0. The largest absolute Gasteiger partial charge is 0.316 e. The average molecular weight is 125 g/mol. The summed E-state index contributed by atoms with van der Waals surface area (Å²) in [6, 6.07) is 0. The number of hydrogen-bond donors (Lipinski definition) is 0. The van der Waals surface area contributed by atoms with Crippen LogP contribution in [-0.4, -0.2) is 11.9 Å². The second kappa shape index (κ2) is 2.81. The standard InChI is InChI=1S/C8H13O/c1-7-5-3-4-6-8(2)9-7/h3,5,8H,4,6H2,1-2H3/q+1/t8-/m0/s1. The van der Waals surface area contributed by atoms with Gasteiger partial charge in [0.2, 0.25) is 0 Å². The highest BCUT2D eigenvalue weighted by molar-refractivity contribution is 5.87. The molecule has 1 atom stereocenters. The van der Waals surface area contributed by atoms with Crippen molar-refractivity contribution in [2.45, 2.75) is 32.8 Å². The molecule has 1 aliphatic rings. The Labute approximate surface area is 56.1 Å². The molecule has 0 aliphatic carbocycles. The minimum Gasteiger partial charge on any atom is -0.257 e. The van der Waals surface area contributed by atoms with Gasteiger partial charge in [0, 0.05) is 19.4 Å². The van der Waals surface area contributed by atoms with Gasteiger partial charge in [0.15, 0.2) is 0 Å². The normalized spacial score (nSPS) is 27.3. The van der Waals surface area contributed by atoms with Gasteiger partial charge in [-0.3, -0.25) is 4.42 Å². The van der Waals surface area contributed by atoms with Gasteiger partial charge in [-0.1, -0.05) is 6.08 Å². The van der Waals surface area contributed by atoms with Crippen LogP contribution in [0.15, 0.2) is 12.2 Å². The first-order valence-electron chi connectivity index (χ1n) is 3.46. The highest BCUT2D eigenvalue weighted by Crippen LogP contribution is 2.03. The Kier molecular flexibility index (Phi) is 2.04. The second-order valence-corrected chi connectivity index (χ2v) is 2.52. The number of carbonyl (C=O) groups excluding carboxylic acids is 1. The molecule has 0 fully saturated rings. The highest BCUT2D eigenvalue weighted by atomic mass is 16.4. The molecule has 9 heavy (non-hydrogen) atoms. The van der Waals surface area contributed by atoms with Crippen molar-refractivity contribution in [3.05, 3.63) is 12.2 Å². The summed E-state index contributed by atoms with van der Waals surface area (Å²) in [5, 5.41) is 0. The topological polar surface area (TPSA) is 11.3 Å². The van der Waals surface area contributed by atoms with Crippen LogP contribution in [0.1, 0.15) is 26.7 Å². The fraction of sp³-hybridized carbons (Fsp3) is 0.625. The van der Waals surface area contributed by atoms with Gasteiger partial charge in [-0.25, -0.2) is 0 Å². The molecular formula is C8H13O+. The fourth-order valence-corrected chi connectivity index (χ4v) is 0.996. The molecule has 1 nitrogen and oxygen atoms in total. The third-order valence-corrected chi connectivity index (χ3v) is 1.48. The van der Waals surface area contributed by atoms with Crippen LogP contribution in [0.2, 0.25) is 0 Å². The summed E-state index contributed by atoms with van der Waals surface area (Å²) in [4.78, 5) is 0. The van der Waals surface area contributed by atoms with E-state index in [4.69, 9.17) is 4.42 Å². The zero-order valence-corrected chi connectivity index (χ0v) is 6.05. The molecule has 1 heterocycles. The Bertz CT molecular complexity index is 145. The predicted molar refractivity (Wildman–Crippen MR) is 38.5 cm³/mol.